The van der Waals surface area contributed by atoms with E-state index in [-0.39, 0.29) is 11.5 Å². The standard InChI is InChI=1S/C22H20N4O5/c1-13(27)18-9-8-17(31-18)12-26-11-10-19(25-26)24-22(28)20-21(30-14(2)23-20)15-4-6-16(29-3)7-5-15/h4-11H,12H2,1-3H3,(H,24,25,28). The molecule has 1 amide bonds. The number of oxazole rings is 1. The summed E-state index contributed by atoms with van der Waals surface area (Å²) in [4.78, 5) is 28.4. The highest BCUT2D eigenvalue weighted by Gasteiger charge is 2.21. The Bertz CT molecular complexity index is 1230. The summed E-state index contributed by atoms with van der Waals surface area (Å²) < 4.78 is 17.9. The van der Waals surface area contributed by atoms with Gasteiger partial charge in [-0.3, -0.25) is 14.3 Å². The molecule has 9 heteroatoms. The molecule has 3 aromatic heterocycles. The SMILES string of the molecule is COc1ccc(-c2oc(C)nc2C(=O)Nc2ccn(Cc3ccc(C(C)=O)o3)n2)cc1. The van der Waals surface area contributed by atoms with Gasteiger partial charge in [-0.15, -0.1) is 0 Å². The van der Waals surface area contributed by atoms with Crippen LogP contribution in [-0.4, -0.2) is 33.6 Å². The lowest BCUT2D eigenvalue weighted by atomic mass is 10.1. The van der Waals surface area contributed by atoms with Gasteiger partial charge in [0.15, 0.2) is 34.7 Å². The number of hydrogen-bond donors (Lipinski definition) is 1. The zero-order valence-corrected chi connectivity index (χ0v) is 17.2. The molecule has 0 aliphatic carbocycles. The molecular weight excluding hydrogens is 400 g/mol. The molecule has 0 saturated heterocycles. The van der Waals surface area contributed by atoms with Crippen LogP contribution in [0.3, 0.4) is 0 Å². The molecule has 158 valence electrons. The Morgan fingerprint density at radius 1 is 1.10 bits per heavy atom. The van der Waals surface area contributed by atoms with Crippen LogP contribution in [0.5, 0.6) is 5.75 Å². The average Bonchev–Trinajstić information content (AvgIpc) is 3.49. The van der Waals surface area contributed by atoms with Crippen molar-refractivity contribution < 1.29 is 23.2 Å². The first-order chi connectivity index (χ1) is 14.9. The number of amides is 1. The van der Waals surface area contributed by atoms with E-state index in [1.165, 1.54) is 6.92 Å². The van der Waals surface area contributed by atoms with E-state index in [2.05, 4.69) is 15.4 Å². The second-order valence-electron chi connectivity index (χ2n) is 6.81. The van der Waals surface area contributed by atoms with Crippen molar-refractivity contribution in [1.82, 2.24) is 14.8 Å². The van der Waals surface area contributed by atoms with Gasteiger partial charge in [0.05, 0.1) is 13.7 Å². The number of ketones is 1. The number of carbonyl (C=O) groups excluding carboxylic acids is 2. The highest BCUT2D eigenvalue weighted by Crippen LogP contribution is 2.27. The number of nitrogens with one attached hydrogen (secondary N) is 1. The van der Waals surface area contributed by atoms with E-state index in [0.717, 1.165) is 0 Å². The topological polar surface area (TPSA) is 112 Å². The number of benzene rings is 1. The monoisotopic (exact) mass is 420 g/mol. The van der Waals surface area contributed by atoms with Crippen LogP contribution in [0.25, 0.3) is 11.3 Å². The predicted molar refractivity (Wildman–Crippen MR) is 111 cm³/mol. The quantitative estimate of drug-likeness (QED) is 0.450. The molecule has 0 radical (unpaired) electrons. The molecule has 4 aromatic rings. The van der Waals surface area contributed by atoms with E-state index in [0.29, 0.717) is 46.8 Å². The fraction of sp³-hybridized carbons (Fsp3) is 0.182. The number of methoxy groups -OCH3 is 1. The number of rotatable bonds is 7. The third kappa shape index (κ3) is 4.40. The average molecular weight is 420 g/mol. The van der Waals surface area contributed by atoms with Gasteiger partial charge in [-0.1, -0.05) is 0 Å². The Kier molecular flexibility index (Phi) is 5.40. The summed E-state index contributed by atoms with van der Waals surface area (Å²) in [5.41, 5.74) is 0.866. The summed E-state index contributed by atoms with van der Waals surface area (Å²) >= 11 is 0. The Hall–Kier alpha value is -4.14. The van der Waals surface area contributed by atoms with Gasteiger partial charge in [0.2, 0.25) is 0 Å². The Balaban J connectivity index is 1.49. The summed E-state index contributed by atoms with van der Waals surface area (Å²) in [6.07, 6.45) is 1.70. The van der Waals surface area contributed by atoms with E-state index < -0.39 is 5.91 Å². The maximum Gasteiger partial charge on any atom is 0.279 e. The highest BCUT2D eigenvalue weighted by molar-refractivity contribution is 6.06. The maximum atomic E-state index is 12.8. The molecule has 0 spiro atoms. The van der Waals surface area contributed by atoms with Gasteiger partial charge in [-0.25, -0.2) is 4.98 Å². The molecule has 0 fully saturated rings. The number of aromatic nitrogens is 3. The summed E-state index contributed by atoms with van der Waals surface area (Å²) in [5.74, 6) is 2.08. The molecule has 0 atom stereocenters. The second-order valence-corrected chi connectivity index (χ2v) is 6.81. The molecule has 3 heterocycles. The molecule has 4 rings (SSSR count). The van der Waals surface area contributed by atoms with Crippen LogP contribution in [0, 0.1) is 6.92 Å². The van der Waals surface area contributed by atoms with Crippen molar-refractivity contribution in [1.29, 1.82) is 0 Å². The van der Waals surface area contributed by atoms with Gasteiger partial charge in [0.1, 0.15) is 11.5 Å². The number of furan rings is 1. The normalized spacial score (nSPS) is 10.8. The number of nitrogens with zero attached hydrogens (tertiary/aromatic N) is 3. The van der Waals surface area contributed by atoms with Gasteiger partial charge in [-0.05, 0) is 36.4 Å². The van der Waals surface area contributed by atoms with Crippen LogP contribution >= 0.6 is 0 Å². The fourth-order valence-electron chi connectivity index (χ4n) is 3.02. The first-order valence-electron chi connectivity index (χ1n) is 9.49. The van der Waals surface area contributed by atoms with Gasteiger partial charge >= 0.3 is 0 Å². The van der Waals surface area contributed by atoms with Crippen LogP contribution in [0.1, 0.15) is 39.6 Å². The minimum Gasteiger partial charge on any atom is -0.497 e. The van der Waals surface area contributed by atoms with Crippen LogP contribution in [0.2, 0.25) is 0 Å². The van der Waals surface area contributed by atoms with Crippen LogP contribution in [0.15, 0.2) is 57.5 Å². The van der Waals surface area contributed by atoms with E-state index >= 15 is 0 Å². The molecule has 1 aromatic carbocycles. The van der Waals surface area contributed by atoms with Crippen molar-refractivity contribution >= 4 is 17.5 Å². The van der Waals surface area contributed by atoms with Crippen molar-refractivity contribution in [3.05, 3.63) is 71.8 Å². The van der Waals surface area contributed by atoms with Crippen LogP contribution < -0.4 is 10.1 Å². The first-order valence-corrected chi connectivity index (χ1v) is 9.49. The molecule has 9 nitrogen and oxygen atoms in total. The van der Waals surface area contributed by atoms with Crippen molar-refractivity contribution in [3.8, 4) is 17.1 Å². The Morgan fingerprint density at radius 3 is 2.55 bits per heavy atom. The smallest absolute Gasteiger partial charge is 0.279 e. The highest BCUT2D eigenvalue weighted by atomic mass is 16.5. The number of carbonyl (C=O) groups is 2. The van der Waals surface area contributed by atoms with Crippen molar-refractivity contribution in [2.45, 2.75) is 20.4 Å². The first kappa shape index (κ1) is 20.1. The number of hydrogen-bond acceptors (Lipinski definition) is 7. The summed E-state index contributed by atoms with van der Waals surface area (Å²) in [6.45, 7) is 3.44. The molecule has 0 unspecified atom stereocenters. The van der Waals surface area contributed by atoms with Crippen LogP contribution in [0.4, 0.5) is 5.82 Å². The van der Waals surface area contributed by atoms with Crippen molar-refractivity contribution in [2.24, 2.45) is 0 Å². The molecule has 0 aliphatic heterocycles. The van der Waals surface area contributed by atoms with E-state index in [4.69, 9.17) is 13.6 Å². The number of ether oxygens (including phenoxy) is 1. The Labute approximate surface area is 177 Å². The third-order valence-electron chi connectivity index (χ3n) is 4.51. The van der Waals surface area contributed by atoms with E-state index in [1.807, 2.05) is 0 Å². The molecule has 1 N–H and O–H groups in total. The third-order valence-corrected chi connectivity index (χ3v) is 4.51. The van der Waals surface area contributed by atoms with Gasteiger partial charge in [0.25, 0.3) is 5.91 Å². The predicted octanol–water partition coefficient (Wildman–Crippen LogP) is 3.95. The van der Waals surface area contributed by atoms with Crippen LogP contribution in [-0.2, 0) is 6.54 Å². The summed E-state index contributed by atoms with van der Waals surface area (Å²) in [5, 5.41) is 7.05. The van der Waals surface area contributed by atoms with E-state index in [9.17, 15) is 9.59 Å². The van der Waals surface area contributed by atoms with Gasteiger partial charge in [-0.2, -0.15) is 5.10 Å². The summed E-state index contributed by atoms with van der Waals surface area (Å²) in [7, 11) is 1.58. The molecule has 0 saturated carbocycles. The van der Waals surface area contributed by atoms with E-state index in [1.54, 1.807) is 67.4 Å². The number of aryl methyl sites for hydroxylation is 1. The molecular formula is C22H20N4O5. The summed E-state index contributed by atoms with van der Waals surface area (Å²) in [6, 6.07) is 12.2. The molecule has 31 heavy (non-hydrogen) atoms. The lowest BCUT2D eigenvalue weighted by molar-refractivity contribution is 0.0983. The largest absolute Gasteiger partial charge is 0.497 e. The fourth-order valence-corrected chi connectivity index (χ4v) is 3.02. The zero-order valence-electron chi connectivity index (χ0n) is 17.2. The second kappa shape index (κ2) is 8.31. The van der Waals surface area contributed by atoms with Gasteiger partial charge < -0.3 is 18.9 Å². The number of Topliss-reactive ketones (excluding diaryl/α,β-unsaturated/α-hetero) is 1. The minimum absolute atomic E-state index is 0.143. The molecule has 0 aliphatic rings. The van der Waals surface area contributed by atoms with Crippen molar-refractivity contribution in [2.75, 3.05) is 12.4 Å². The lowest BCUT2D eigenvalue weighted by Crippen LogP contribution is -2.14. The maximum absolute atomic E-state index is 12.8. The lowest BCUT2D eigenvalue weighted by Gasteiger charge is -2.04. The van der Waals surface area contributed by atoms with Crippen molar-refractivity contribution in [3.63, 3.8) is 0 Å². The minimum atomic E-state index is -0.440. The molecule has 0 bridgehead atoms. The number of anilines is 1. The van der Waals surface area contributed by atoms with Gasteiger partial charge in [0, 0.05) is 31.7 Å². The zero-order chi connectivity index (χ0) is 22.0. The Morgan fingerprint density at radius 2 is 1.87 bits per heavy atom.